The Balaban J connectivity index is 3.09. The van der Waals surface area contributed by atoms with Crippen molar-refractivity contribution in [2.45, 2.75) is 33.3 Å². The van der Waals surface area contributed by atoms with E-state index >= 15 is 0 Å². The molecule has 0 amide bonds. The molecular formula is C16H20O4. The van der Waals surface area contributed by atoms with E-state index in [4.69, 9.17) is 4.74 Å². The monoisotopic (exact) mass is 276 g/mol. The van der Waals surface area contributed by atoms with Crippen LogP contribution in [0.15, 0.2) is 29.8 Å². The van der Waals surface area contributed by atoms with Crippen molar-refractivity contribution < 1.29 is 19.1 Å². The van der Waals surface area contributed by atoms with E-state index in [9.17, 15) is 9.59 Å². The third-order valence-electron chi connectivity index (χ3n) is 2.41. The molecule has 0 bridgehead atoms. The first-order valence-corrected chi connectivity index (χ1v) is 6.33. The first-order valence-electron chi connectivity index (χ1n) is 6.33. The Bertz CT molecular complexity index is 518. The quantitative estimate of drug-likeness (QED) is 0.369. The van der Waals surface area contributed by atoms with E-state index in [2.05, 4.69) is 4.74 Å². The average Bonchev–Trinajstić information content (AvgIpc) is 2.35. The minimum absolute atomic E-state index is 0.119. The second kappa shape index (κ2) is 6.37. The summed E-state index contributed by atoms with van der Waals surface area (Å²) in [6.45, 7) is 7.19. The molecule has 20 heavy (non-hydrogen) atoms. The number of benzene rings is 1. The van der Waals surface area contributed by atoms with Gasteiger partial charge >= 0.3 is 11.9 Å². The number of carbonyl (C=O) groups excluding carboxylic acids is 2. The molecule has 0 radical (unpaired) electrons. The van der Waals surface area contributed by atoms with Crippen LogP contribution in [0.1, 0.15) is 31.9 Å². The molecule has 1 rings (SSSR count). The molecule has 108 valence electrons. The van der Waals surface area contributed by atoms with E-state index < -0.39 is 17.5 Å². The number of hydrogen-bond acceptors (Lipinski definition) is 4. The molecular weight excluding hydrogens is 256 g/mol. The number of aryl methyl sites for hydroxylation is 1. The Morgan fingerprint density at radius 3 is 2.05 bits per heavy atom. The summed E-state index contributed by atoms with van der Waals surface area (Å²) in [4.78, 5) is 23.8. The number of ether oxygens (including phenoxy) is 2. The summed E-state index contributed by atoms with van der Waals surface area (Å²) < 4.78 is 9.85. The lowest BCUT2D eigenvalue weighted by Gasteiger charge is -2.19. The summed E-state index contributed by atoms with van der Waals surface area (Å²) in [5.74, 6) is -1.40. The van der Waals surface area contributed by atoms with Crippen LogP contribution in [0.25, 0.3) is 6.08 Å². The van der Waals surface area contributed by atoms with E-state index in [1.165, 1.54) is 13.2 Å². The molecule has 4 nitrogen and oxygen atoms in total. The first-order chi connectivity index (χ1) is 9.23. The Morgan fingerprint density at radius 2 is 1.60 bits per heavy atom. The van der Waals surface area contributed by atoms with Crippen LogP contribution in [0.5, 0.6) is 0 Å². The van der Waals surface area contributed by atoms with Gasteiger partial charge in [-0.15, -0.1) is 0 Å². The fourth-order valence-electron chi connectivity index (χ4n) is 1.47. The van der Waals surface area contributed by atoms with Crippen LogP contribution < -0.4 is 0 Å². The van der Waals surface area contributed by atoms with Gasteiger partial charge in [0, 0.05) is 0 Å². The zero-order valence-electron chi connectivity index (χ0n) is 12.5. The standard InChI is InChI=1S/C16H20O4/c1-11-6-8-12(9-7-11)10-13(14(17)19-5)15(18)20-16(2,3)4/h6-10H,1-5H3/b13-10+. The second-order valence-corrected chi connectivity index (χ2v) is 5.46. The summed E-state index contributed by atoms with van der Waals surface area (Å²) in [5, 5.41) is 0. The van der Waals surface area contributed by atoms with Gasteiger partial charge < -0.3 is 9.47 Å². The summed E-state index contributed by atoms with van der Waals surface area (Å²) >= 11 is 0. The number of rotatable bonds is 3. The molecule has 4 heteroatoms. The van der Waals surface area contributed by atoms with Gasteiger partial charge in [0.1, 0.15) is 11.2 Å². The van der Waals surface area contributed by atoms with Crippen LogP contribution >= 0.6 is 0 Å². The van der Waals surface area contributed by atoms with Gasteiger partial charge in [0.15, 0.2) is 0 Å². The number of esters is 2. The summed E-state index contributed by atoms with van der Waals surface area (Å²) in [6, 6.07) is 7.44. The largest absolute Gasteiger partial charge is 0.465 e. The van der Waals surface area contributed by atoms with Crippen LogP contribution in [-0.4, -0.2) is 24.6 Å². The predicted molar refractivity (Wildman–Crippen MR) is 77.0 cm³/mol. The minimum Gasteiger partial charge on any atom is -0.465 e. The average molecular weight is 276 g/mol. The number of carbonyl (C=O) groups is 2. The Hall–Kier alpha value is -2.10. The Kier molecular flexibility index (Phi) is 5.08. The lowest BCUT2D eigenvalue weighted by atomic mass is 10.1. The maximum absolute atomic E-state index is 12.0. The van der Waals surface area contributed by atoms with Crippen molar-refractivity contribution in [3.63, 3.8) is 0 Å². The first kappa shape index (κ1) is 16.0. The summed E-state index contributed by atoms with van der Waals surface area (Å²) in [7, 11) is 1.23. The van der Waals surface area contributed by atoms with Crippen LogP contribution in [-0.2, 0) is 19.1 Å². The molecule has 0 aromatic heterocycles. The highest BCUT2D eigenvalue weighted by atomic mass is 16.6. The molecule has 0 aliphatic carbocycles. The zero-order valence-corrected chi connectivity index (χ0v) is 12.5. The summed E-state index contributed by atoms with van der Waals surface area (Å²) in [6.07, 6.45) is 1.47. The Labute approximate surface area is 119 Å². The van der Waals surface area contributed by atoms with Crippen molar-refractivity contribution >= 4 is 18.0 Å². The zero-order chi connectivity index (χ0) is 15.3. The molecule has 0 spiro atoms. The molecule has 0 atom stereocenters. The van der Waals surface area contributed by atoms with Gasteiger partial charge in [0.05, 0.1) is 7.11 Å². The second-order valence-electron chi connectivity index (χ2n) is 5.46. The molecule has 0 N–H and O–H groups in total. The molecule has 0 aliphatic rings. The van der Waals surface area contributed by atoms with Gasteiger partial charge in [-0.25, -0.2) is 9.59 Å². The van der Waals surface area contributed by atoms with Crippen molar-refractivity contribution in [2.75, 3.05) is 7.11 Å². The highest BCUT2D eigenvalue weighted by Crippen LogP contribution is 2.15. The smallest absolute Gasteiger partial charge is 0.346 e. The highest BCUT2D eigenvalue weighted by molar-refractivity contribution is 6.17. The van der Waals surface area contributed by atoms with Crippen LogP contribution in [0, 0.1) is 6.92 Å². The minimum atomic E-state index is -0.708. The third-order valence-corrected chi connectivity index (χ3v) is 2.41. The fraction of sp³-hybridized carbons (Fsp3) is 0.375. The van der Waals surface area contributed by atoms with E-state index in [0.717, 1.165) is 11.1 Å². The van der Waals surface area contributed by atoms with Gasteiger partial charge in [0.25, 0.3) is 0 Å². The molecule has 1 aromatic carbocycles. The van der Waals surface area contributed by atoms with Crippen LogP contribution in [0.2, 0.25) is 0 Å². The number of hydrogen-bond donors (Lipinski definition) is 0. The number of methoxy groups -OCH3 is 1. The molecule has 0 unspecified atom stereocenters. The van der Waals surface area contributed by atoms with E-state index in [0.29, 0.717) is 0 Å². The van der Waals surface area contributed by atoms with E-state index in [1.807, 2.05) is 31.2 Å². The third kappa shape index (κ3) is 4.88. The normalized spacial score (nSPS) is 11.9. The van der Waals surface area contributed by atoms with Gasteiger partial charge in [-0.2, -0.15) is 0 Å². The summed E-state index contributed by atoms with van der Waals surface area (Å²) in [5.41, 5.74) is 1.05. The van der Waals surface area contributed by atoms with E-state index in [-0.39, 0.29) is 5.57 Å². The molecule has 1 aromatic rings. The van der Waals surface area contributed by atoms with E-state index in [1.54, 1.807) is 20.8 Å². The molecule has 0 saturated heterocycles. The van der Waals surface area contributed by atoms with Crippen molar-refractivity contribution in [2.24, 2.45) is 0 Å². The van der Waals surface area contributed by atoms with Crippen molar-refractivity contribution in [1.82, 2.24) is 0 Å². The Morgan fingerprint density at radius 1 is 1.05 bits per heavy atom. The fourth-order valence-corrected chi connectivity index (χ4v) is 1.47. The van der Waals surface area contributed by atoms with Gasteiger partial charge in [-0.05, 0) is 39.3 Å². The molecule has 0 heterocycles. The highest BCUT2D eigenvalue weighted by Gasteiger charge is 2.25. The van der Waals surface area contributed by atoms with Gasteiger partial charge in [-0.1, -0.05) is 29.8 Å². The van der Waals surface area contributed by atoms with Crippen molar-refractivity contribution in [1.29, 1.82) is 0 Å². The predicted octanol–water partition coefficient (Wildman–Crippen LogP) is 2.89. The molecule has 0 fully saturated rings. The maximum atomic E-state index is 12.0. The topological polar surface area (TPSA) is 52.6 Å². The lowest BCUT2D eigenvalue weighted by molar-refractivity contribution is -0.153. The van der Waals surface area contributed by atoms with Crippen molar-refractivity contribution in [3.8, 4) is 0 Å². The lowest BCUT2D eigenvalue weighted by Crippen LogP contribution is -2.27. The molecule has 0 saturated carbocycles. The molecule has 0 aliphatic heterocycles. The maximum Gasteiger partial charge on any atom is 0.346 e. The van der Waals surface area contributed by atoms with Gasteiger partial charge in [-0.3, -0.25) is 0 Å². The van der Waals surface area contributed by atoms with Crippen molar-refractivity contribution in [3.05, 3.63) is 41.0 Å². The van der Waals surface area contributed by atoms with Gasteiger partial charge in [0.2, 0.25) is 0 Å². The van der Waals surface area contributed by atoms with Crippen LogP contribution in [0.4, 0.5) is 0 Å². The van der Waals surface area contributed by atoms with Crippen LogP contribution in [0.3, 0.4) is 0 Å². The SMILES string of the molecule is COC(=O)/C(=C\c1ccc(C)cc1)C(=O)OC(C)(C)C.